The van der Waals surface area contributed by atoms with Crippen molar-refractivity contribution in [3.8, 4) is 0 Å². The van der Waals surface area contributed by atoms with Crippen LogP contribution < -0.4 is 5.32 Å². The van der Waals surface area contributed by atoms with Gasteiger partial charge in [-0.05, 0) is 57.8 Å². The molecule has 3 N–H and O–H groups in total. The summed E-state index contributed by atoms with van der Waals surface area (Å²) in [4.78, 5) is 24.7. The predicted octanol–water partition coefficient (Wildman–Crippen LogP) is 25.7. The van der Waals surface area contributed by atoms with E-state index in [9.17, 15) is 19.8 Å². The molecule has 0 aromatic heterocycles. The number of rotatable bonds is 74. The minimum atomic E-state index is -0.664. The third-order valence-corrected chi connectivity index (χ3v) is 18.5. The molecular formula is C79H153NO5. The molecule has 0 aliphatic rings. The molecule has 0 aromatic rings. The van der Waals surface area contributed by atoms with Gasteiger partial charge in [-0.3, -0.25) is 9.59 Å². The third-order valence-electron chi connectivity index (χ3n) is 18.5. The number of aliphatic hydroxyl groups is 2. The van der Waals surface area contributed by atoms with Gasteiger partial charge in [0, 0.05) is 12.8 Å². The highest BCUT2D eigenvalue weighted by molar-refractivity contribution is 5.76. The number of esters is 1. The van der Waals surface area contributed by atoms with Crippen LogP contribution in [0, 0.1) is 0 Å². The van der Waals surface area contributed by atoms with Crippen LogP contribution in [0.25, 0.3) is 0 Å². The number of aliphatic hydroxyl groups excluding tert-OH is 2. The van der Waals surface area contributed by atoms with Gasteiger partial charge in [0.2, 0.25) is 5.91 Å². The normalized spacial score (nSPS) is 12.6. The van der Waals surface area contributed by atoms with Gasteiger partial charge in [-0.25, -0.2) is 0 Å². The Morgan fingerprint density at radius 1 is 0.329 bits per heavy atom. The van der Waals surface area contributed by atoms with Crippen molar-refractivity contribution in [2.24, 2.45) is 0 Å². The van der Waals surface area contributed by atoms with Crippen LogP contribution in [0.5, 0.6) is 0 Å². The van der Waals surface area contributed by atoms with E-state index >= 15 is 0 Å². The number of amides is 1. The van der Waals surface area contributed by atoms with Crippen LogP contribution in [-0.4, -0.2) is 47.4 Å². The maximum absolute atomic E-state index is 12.6. The maximum atomic E-state index is 12.6. The zero-order chi connectivity index (χ0) is 61.3. The second-order valence-corrected chi connectivity index (χ2v) is 27.0. The number of hydrogen-bond acceptors (Lipinski definition) is 5. The van der Waals surface area contributed by atoms with E-state index in [1.165, 1.54) is 360 Å². The van der Waals surface area contributed by atoms with E-state index in [2.05, 4.69) is 43.5 Å². The zero-order valence-corrected chi connectivity index (χ0v) is 57.9. The molecule has 2 unspecified atom stereocenters. The lowest BCUT2D eigenvalue weighted by Crippen LogP contribution is -2.45. The zero-order valence-electron chi connectivity index (χ0n) is 57.9. The van der Waals surface area contributed by atoms with Crippen molar-refractivity contribution in [3.63, 3.8) is 0 Å². The van der Waals surface area contributed by atoms with Crippen molar-refractivity contribution in [1.29, 1.82) is 0 Å². The fraction of sp³-hybridized carbons (Fsp3) is 0.924. The molecule has 1 amide bonds. The van der Waals surface area contributed by atoms with E-state index < -0.39 is 12.1 Å². The van der Waals surface area contributed by atoms with Crippen molar-refractivity contribution in [1.82, 2.24) is 5.32 Å². The Kier molecular flexibility index (Phi) is 73.3. The summed E-state index contributed by atoms with van der Waals surface area (Å²) in [6.45, 7) is 4.98. The summed E-state index contributed by atoms with van der Waals surface area (Å²) in [5.74, 6) is -0.0125. The Labute approximate surface area is 532 Å². The standard InChI is InChI=1S/C79H153NO5/c1-3-5-7-9-11-13-15-17-19-21-23-24-29-32-36-39-43-47-51-55-59-63-67-71-77(82)76(75-81)80-78(83)72-68-64-60-56-52-48-44-40-37-33-30-27-25-26-28-31-34-38-42-46-50-54-58-62-66-70-74-85-79(84)73-69-65-61-57-53-49-45-41-35-22-20-18-16-14-12-10-8-6-4-2/h12,14,18,20,76-77,81-82H,3-11,13,15-17,19,21-75H2,1-2H3,(H,80,83)/b14-12-,20-18-. The molecule has 6 nitrogen and oxygen atoms in total. The SMILES string of the molecule is CCCCC/C=C\C/C=C\CCCCCCCCCCCC(=O)OCCCCCCCCCCCCCCCCCCCCCCCCCCCCC(=O)NC(CO)C(O)CCCCCCCCCCCCCCCCCCCCCCCCC. The van der Waals surface area contributed by atoms with E-state index in [0.717, 1.165) is 51.4 Å². The van der Waals surface area contributed by atoms with Crippen molar-refractivity contribution in [2.45, 2.75) is 456 Å². The van der Waals surface area contributed by atoms with E-state index in [-0.39, 0.29) is 18.5 Å². The van der Waals surface area contributed by atoms with Gasteiger partial charge in [0.05, 0.1) is 25.4 Å². The highest BCUT2D eigenvalue weighted by Crippen LogP contribution is 2.20. The number of carbonyl (C=O) groups excluding carboxylic acids is 2. The maximum Gasteiger partial charge on any atom is 0.305 e. The first-order chi connectivity index (χ1) is 42.0. The molecule has 0 aliphatic heterocycles. The monoisotopic (exact) mass is 1200 g/mol. The second-order valence-electron chi connectivity index (χ2n) is 27.0. The summed E-state index contributed by atoms with van der Waals surface area (Å²) < 4.78 is 5.51. The molecule has 0 spiro atoms. The lowest BCUT2D eigenvalue weighted by Gasteiger charge is -2.22. The highest BCUT2D eigenvalue weighted by Gasteiger charge is 2.20. The van der Waals surface area contributed by atoms with Gasteiger partial charge in [0.15, 0.2) is 0 Å². The lowest BCUT2D eigenvalue weighted by molar-refractivity contribution is -0.143. The number of unbranched alkanes of at least 4 members (excludes halogenated alkanes) is 59. The summed E-state index contributed by atoms with van der Waals surface area (Å²) in [5.41, 5.74) is 0. The van der Waals surface area contributed by atoms with E-state index in [1.807, 2.05) is 0 Å². The van der Waals surface area contributed by atoms with Crippen LogP contribution in [0.4, 0.5) is 0 Å². The molecule has 0 heterocycles. The molecule has 85 heavy (non-hydrogen) atoms. The Balaban J connectivity index is 3.35. The fourth-order valence-corrected chi connectivity index (χ4v) is 12.6. The Bertz CT molecular complexity index is 1330. The molecule has 2 atom stereocenters. The van der Waals surface area contributed by atoms with Gasteiger partial charge in [-0.1, -0.05) is 398 Å². The number of allylic oxidation sites excluding steroid dienone is 4. The van der Waals surface area contributed by atoms with Crippen molar-refractivity contribution < 1.29 is 24.5 Å². The van der Waals surface area contributed by atoms with Crippen molar-refractivity contribution in [2.75, 3.05) is 13.2 Å². The van der Waals surface area contributed by atoms with Crippen molar-refractivity contribution in [3.05, 3.63) is 24.3 Å². The average Bonchev–Trinajstić information content (AvgIpc) is 3.51. The fourth-order valence-electron chi connectivity index (χ4n) is 12.6. The summed E-state index contributed by atoms with van der Waals surface area (Å²) >= 11 is 0. The van der Waals surface area contributed by atoms with Crippen LogP contribution in [0.15, 0.2) is 24.3 Å². The highest BCUT2D eigenvalue weighted by atomic mass is 16.5. The van der Waals surface area contributed by atoms with Gasteiger partial charge in [-0.15, -0.1) is 0 Å². The van der Waals surface area contributed by atoms with Gasteiger partial charge in [0.1, 0.15) is 0 Å². The van der Waals surface area contributed by atoms with Crippen LogP contribution in [-0.2, 0) is 14.3 Å². The van der Waals surface area contributed by atoms with Gasteiger partial charge in [-0.2, -0.15) is 0 Å². The number of carbonyl (C=O) groups is 2. The molecule has 0 saturated heterocycles. The first-order valence-electron chi connectivity index (χ1n) is 39.1. The number of ether oxygens (including phenoxy) is 1. The van der Waals surface area contributed by atoms with Gasteiger partial charge >= 0.3 is 5.97 Å². The Morgan fingerprint density at radius 3 is 0.918 bits per heavy atom. The lowest BCUT2D eigenvalue weighted by atomic mass is 10.0. The molecule has 504 valence electrons. The largest absolute Gasteiger partial charge is 0.466 e. The van der Waals surface area contributed by atoms with Gasteiger partial charge < -0.3 is 20.3 Å². The van der Waals surface area contributed by atoms with E-state index in [0.29, 0.717) is 25.9 Å². The molecule has 0 saturated carbocycles. The van der Waals surface area contributed by atoms with Crippen LogP contribution >= 0.6 is 0 Å². The molecule has 0 aromatic carbocycles. The van der Waals surface area contributed by atoms with E-state index in [1.54, 1.807) is 0 Å². The molecule has 0 aliphatic carbocycles. The third kappa shape index (κ3) is 71.3. The summed E-state index contributed by atoms with van der Waals surface area (Å²) in [6, 6.07) is -0.541. The Morgan fingerprint density at radius 2 is 0.588 bits per heavy atom. The first kappa shape index (κ1) is 83.3. The Hall–Kier alpha value is -1.66. The minimum absolute atomic E-state index is 0.0147. The van der Waals surface area contributed by atoms with Crippen LogP contribution in [0.1, 0.15) is 444 Å². The topological polar surface area (TPSA) is 95.9 Å². The molecular weight excluding hydrogens is 1040 g/mol. The first-order valence-corrected chi connectivity index (χ1v) is 39.1. The average molecular weight is 1200 g/mol. The minimum Gasteiger partial charge on any atom is -0.466 e. The van der Waals surface area contributed by atoms with Crippen LogP contribution in [0.2, 0.25) is 0 Å². The number of nitrogens with one attached hydrogen (secondary N) is 1. The van der Waals surface area contributed by atoms with Gasteiger partial charge in [0.25, 0.3) is 0 Å². The summed E-state index contributed by atoms with van der Waals surface area (Å²) in [5, 5.41) is 23.5. The number of hydrogen-bond donors (Lipinski definition) is 3. The van der Waals surface area contributed by atoms with Crippen LogP contribution in [0.3, 0.4) is 0 Å². The molecule has 0 fully saturated rings. The quantitative estimate of drug-likeness (QED) is 0.0320. The van der Waals surface area contributed by atoms with E-state index in [4.69, 9.17) is 4.74 Å². The smallest absolute Gasteiger partial charge is 0.305 e. The molecule has 0 radical (unpaired) electrons. The summed E-state index contributed by atoms with van der Waals surface area (Å²) in [6.07, 6.45) is 95.4. The molecule has 6 heteroatoms. The summed E-state index contributed by atoms with van der Waals surface area (Å²) in [7, 11) is 0. The molecule has 0 rings (SSSR count). The molecule has 0 bridgehead atoms. The second kappa shape index (κ2) is 74.8. The van der Waals surface area contributed by atoms with Crippen molar-refractivity contribution >= 4 is 11.9 Å². The predicted molar refractivity (Wildman–Crippen MR) is 375 cm³/mol.